The van der Waals surface area contributed by atoms with Crippen LogP contribution >= 0.6 is 7.82 Å². The first-order valence-electron chi connectivity index (χ1n) is 23.1. The van der Waals surface area contributed by atoms with Crippen molar-refractivity contribution in [2.45, 2.75) is 238 Å². The summed E-state index contributed by atoms with van der Waals surface area (Å²) in [6, 6.07) is 0. The van der Waals surface area contributed by atoms with Gasteiger partial charge in [-0.3, -0.25) is 18.6 Å². The van der Waals surface area contributed by atoms with Gasteiger partial charge in [0.15, 0.2) is 6.10 Å². The van der Waals surface area contributed by atoms with Crippen molar-refractivity contribution in [2.75, 3.05) is 26.4 Å². The fourth-order valence-electron chi connectivity index (χ4n) is 6.58. The normalized spacial score (nSPS) is 13.9. The molecule has 0 bridgehead atoms. The third kappa shape index (κ3) is 40.9. The van der Waals surface area contributed by atoms with Crippen LogP contribution in [0.15, 0.2) is 12.2 Å². The van der Waals surface area contributed by atoms with E-state index >= 15 is 0 Å². The van der Waals surface area contributed by atoms with Crippen LogP contribution in [0.25, 0.3) is 0 Å². The Morgan fingerprint density at radius 1 is 0.518 bits per heavy atom. The van der Waals surface area contributed by atoms with Gasteiger partial charge in [-0.15, -0.1) is 0 Å². The van der Waals surface area contributed by atoms with Crippen molar-refractivity contribution < 1.29 is 47.8 Å². The van der Waals surface area contributed by atoms with Gasteiger partial charge in [-0.05, 0) is 38.5 Å². The molecule has 56 heavy (non-hydrogen) atoms. The third-order valence-corrected chi connectivity index (χ3v) is 11.1. The minimum absolute atomic E-state index is 0.178. The summed E-state index contributed by atoms with van der Waals surface area (Å²) in [6.45, 7) is 2.40. The van der Waals surface area contributed by atoms with Crippen LogP contribution < -0.4 is 0 Å². The summed E-state index contributed by atoms with van der Waals surface area (Å²) >= 11 is 0. The molecule has 0 radical (unpaired) electrons. The summed E-state index contributed by atoms with van der Waals surface area (Å²) in [7, 11) is -4.61. The second-order valence-corrected chi connectivity index (χ2v) is 17.2. The smallest absolute Gasteiger partial charge is 0.462 e. The monoisotopic (exact) mass is 819 g/mol. The summed E-state index contributed by atoms with van der Waals surface area (Å²) in [5.74, 6) is -0.922. The van der Waals surface area contributed by atoms with Gasteiger partial charge in [-0.2, -0.15) is 0 Å². The molecule has 0 saturated carbocycles. The molecule has 0 saturated heterocycles. The average molecular weight is 819 g/mol. The maximum Gasteiger partial charge on any atom is 0.472 e. The molecule has 0 amide bonds. The second kappa shape index (κ2) is 41.9. The number of aliphatic hydroxyl groups is 2. The third-order valence-electron chi connectivity index (χ3n) is 10.2. The van der Waals surface area contributed by atoms with Crippen molar-refractivity contribution in [2.24, 2.45) is 0 Å². The number of hydrogen-bond acceptors (Lipinski definition) is 9. The first-order valence-corrected chi connectivity index (χ1v) is 24.6. The minimum atomic E-state index is -4.61. The number of hydrogen-bond donors (Lipinski definition) is 3. The highest BCUT2D eigenvalue weighted by Gasteiger charge is 2.27. The summed E-state index contributed by atoms with van der Waals surface area (Å²) in [4.78, 5) is 35.0. The number of unbranched alkanes of at least 4 members (excludes halogenated alkanes) is 28. The molecule has 0 fully saturated rings. The van der Waals surface area contributed by atoms with Crippen LogP contribution in [0.1, 0.15) is 226 Å². The van der Waals surface area contributed by atoms with Crippen molar-refractivity contribution in [1.29, 1.82) is 0 Å². The van der Waals surface area contributed by atoms with Gasteiger partial charge in [0.05, 0.1) is 19.8 Å². The van der Waals surface area contributed by atoms with E-state index in [1.807, 2.05) is 0 Å². The van der Waals surface area contributed by atoms with Crippen LogP contribution in [0.5, 0.6) is 0 Å². The Balaban J connectivity index is 4.20. The van der Waals surface area contributed by atoms with Gasteiger partial charge in [-0.1, -0.05) is 187 Å². The predicted molar refractivity (Wildman–Crippen MR) is 229 cm³/mol. The van der Waals surface area contributed by atoms with Gasteiger partial charge in [0.2, 0.25) is 0 Å². The van der Waals surface area contributed by atoms with E-state index < -0.39 is 51.8 Å². The highest BCUT2D eigenvalue weighted by Crippen LogP contribution is 2.43. The van der Waals surface area contributed by atoms with Crippen LogP contribution in [-0.4, -0.2) is 65.7 Å². The van der Waals surface area contributed by atoms with Crippen LogP contribution in [0, 0.1) is 0 Å². The number of rotatable bonds is 44. The molecule has 0 heterocycles. The Morgan fingerprint density at radius 2 is 0.875 bits per heavy atom. The maximum absolute atomic E-state index is 12.6. The molecule has 0 aliphatic rings. The van der Waals surface area contributed by atoms with Gasteiger partial charge in [0, 0.05) is 12.8 Å². The van der Waals surface area contributed by atoms with Crippen LogP contribution in [0.4, 0.5) is 0 Å². The fraction of sp³-hybridized carbons (Fsp3) is 0.911. The van der Waals surface area contributed by atoms with E-state index in [0.29, 0.717) is 12.8 Å². The zero-order valence-electron chi connectivity index (χ0n) is 36.1. The molecular weight excluding hydrogens is 731 g/mol. The Morgan fingerprint density at radius 3 is 1.29 bits per heavy atom. The number of carbonyl (C=O) groups is 2. The maximum atomic E-state index is 12.6. The molecule has 332 valence electrons. The Hall–Kier alpha value is -1.29. The summed E-state index contributed by atoms with van der Waals surface area (Å²) in [6.07, 6.45) is 40.3. The number of ether oxygens (including phenoxy) is 2. The van der Waals surface area contributed by atoms with E-state index in [2.05, 4.69) is 26.0 Å². The van der Waals surface area contributed by atoms with Crippen molar-refractivity contribution in [3.63, 3.8) is 0 Å². The molecule has 3 atom stereocenters. The molecule has 0 aromatic heterocycles. The molecule has 0 rings (SSSR count). The first kappa shape index (κ1) is 54.7. The van der Waals surface area contributed by atoms with Gasteiger partial charge in [0.1, 0.15) is 12.7 Å². The highest BCUT2D eigenvalue weighted by molar-refractivity contribution is 7.47. The Bertz CT molecular complexity index is 946. The zero-order chi connectivity index (χ0) is 41.2. The molecule has 11 heteroatoms. The number of carbonyl (C=O) groups excluding carboxylic acids is 2. The molecule has 1 unspecified atom stereocenters. The van der Waals surface area contributed by atoms with Crippen LogP contribution in [0.3, 0.4) is 0 Å². The van der Waals surface area contributed by atoms with E-state index in [-0.39, 0.29) is 19.4 Å². The van der Waals surface area contributed by atoms with Gasteiger partial charge < -0.3 is 24.6 Å². The standard InChI is InChI=1S/C45H87O10P/c1-3-5-7-9-11-13-15-17-19-20-21-22-23-25-26-28-30-32-34-36-44(48)52-40-43(41-54-56(50,51)53-39-42(47)38-46)55-45(49)37-35-33-31-29-27-24-18-16-14-12-10-8-6-4-2/h16,18,42-43,46-47H,3-15,17,19-41H2,1-2H3,(H,50,51)/b18-16-/t42-,43+/m0/s1. The lowest BCUT2D eigenvalue weighted by Gasteiger charge is -2.20. The molecule has 0 spiro atoms. The SMILES string of the molecule is CCCCCCC/C=C\CCCCCCCC(=O)O[C@H](COC(=O)CCCCCCCCCCCCCCCCCCCCC)COP(=O)(O)OC[C@@H](O)CO. The van der Waals surface area contributed by atoms with E-state index in [1.54, 1.807) is 0 Å². The molecule has 10 nitrogen and oxygen atoms in total. The van der Waals surface area contributed by atoms with Crippen molar-refractivity contribution in [1.82, 2.24) is 0 Å². The van der Waals surface area contributed by atoms with Crippen molar-refractivity contribution in [3.05, 3.63) is 12.2 Å². The quantitative estimate of drug-likeness (QED) is 0.0235. The Labute approximate surface area is 343 Å². The fourth-order valence-corrected chi connectivity index (χ4v) is 7.37. The number of phosphoric ester groups is 1. The zero-order valence-corrected chi connectivity index (χ0v) is 37.0. The summed E-state index contributed by atoms with van der Waals surface area (Å²) in [5.41, 5.74) is 0. The van der Waals surface area contributed by atoms with E-state index in [0.717, 1.165) is 57.8 Å². The van der Waals surface area contributed by atoms with Crippen LogP contribution in [0.2, 0.25) is 0 Å². The molecule has 0 aliphatic carbocycles. The van der Waals surface area contributed by atoms with Crippen LogP contribution in [-0.2, 0) is 32.7 Å². The molecule has 3 N–H and O–H groups in total. The lowest BCUT2D eigenvalue weighted by atomic mass is 10.0. The number of phosphoric acid groups is 1. The van der Waals surface area contributed by atoms with Gasteiger partial charge in [-0.25, -0.2) is 4.57 Å². The molecule has 0 aromatic rings. The predicted octanol–water partition coefficient (Wildman–Crippen LogP) is 12.4. The topological polar surface area (TPSA) is 149 Å². The van der Waals surface area contributed by atoms with Crippen molar-refractivity contribution in [3.8, 4) is 0 Å². The van der Waals surface area contributed by atoms with E-state index in [1.165, 1.54) is 128 Å². The first-order chi connectivity index (χ1) is 27.2. The average Bonchev–Trinajstić information content (AvgIpc) is 3.19. The van der Waals surface area contributed by atoms with E-state index in [9.17, 15) is 24.2 Å². The summed E-state index contributed by atoms with van der Waals surface area (Å²) in [5, 5.41) is 18.3. The molecule has 0 aromatic carbocycles. The van der Waals surface area contributed by atoms with Crippen molar-refractivity contribution >= 4 is 19.8 Å². The largest absolute Gasteiger partial charge is 0.472 e. The highest BCUT2D eigenvalue weighted by atomic mass is 31.2. The Kier molecular flexibility index (Phi) is 40.9. The van der Waals surface area contributed by atoms with Gasteiger partial charge >= 0.3 is 19.8 Å². The van der Waals surface area contributed by atoms with E-state index in [4.69, 9.17) is 23.6 Å². The number of esters is 2. The summed E-state index contributed by atoms with van der Waals surface area (Å²) < 4.78 is 32.7. The molecule has 0 aliphatic heterocycles. The number of aliphatic hydroxyl groups excluding tert-OH is 2. The lowest BCUT2D eigenvalue weighted by Crippen LogP contribution is -2.29. The minimum Gasteiger partial charge on any atom is -0.462 e. The molecular formula is C45H87O10P. The lowest BCUT2D eigenvalue weighted by molar-refractivity contribution is -0.161. The van der Waals surface area contributed by atoms with Gasteiger partial charge in [0.25, 0.3) is 0 Å². The second-order valence-electron chi connectivity index (χ2n) is 15.8. The number of allylic oxidation sites excluding steroid dienone is 2.